The molecule has 0 atom stereocenters. The summed E-state index contributed by atoms with van der Waals surface area (Å²) in [6, 6.07) is 11.9. The Labute approximate surface area is 342 Å². The molecule has 4 aromatic rings. The zero-order valence-corrected chi connectivity index (χ0v) is 35.5. The molecule has 0 saturated heterocycles. The second kappa shape index (κ2) is 17.0. The van der Waals surface area contributed by atoms with E-state index in [1.807, 2.05) is 53.7 Å². The summed E-state index contributed by atoms with van der Waals surface area (Å²) in [7, 11) is 0. The molecule has 0 unspecified atom stereocenters. The Morgan fingerprint density at radius 3 is 1.98 bits per heavy atom. The van der Waals surface area contributed by atoms with Crippen LogP contribution in [0.3, 0.4) is 0 Å². The van der Waals surface area contributed by atoms with Crippen molar-refractivity contribution in [1.29, 1.82) is 5.26 Å². The van der Waals surface area contributed by atoms with Crippen molar-refractivity contribution in [3.63, 3.8) is 0 Å². The van der Waals surface area contributed by atoms with Crippen molar-refractivity contribution in [2.75, 3.05) is 34.0 Å². The van der Waals surface area contributed by atoms with Gasteiger partial charge in [0.1, 0.15) is 17.5 Å². The van der Waals surface area contributed by atoms with Gasteiger partial charge in [0, 0.05) is 25.3 Å². The number of hydrogen-bond donors (Lipinski definition) is 1. The number of rotatable bonds is 9. The van der Waals surface area contributed by atoms with Crippen LogP contribution in [0.25, 0.3) is 11.1 Å². The van der Waals surface area contributed by atoms with Crippen LogP contribution < -0.4 is 20.0 Å². The normalized spacial score (nSPS) is 15.0. The second-order valence-electron chi connectivity index (χ2n) is 16.3. The zero-order valence-electron chi connectivity index (χ0n) is 39.2. The van der Waals surface area contributed by atoms with Gasteiger partial charge in [0.2, 0.25) is 0 Å². The number of aromatic nitrogens is 4. The van der Waals surface area contributed by atoms with Crippen molar-refractivity contribution in [1.82, 2.24) is 19.9 Å². The molecular weight excluding hydrogens is 838 g/mol. The first-order valence-corrected chi connectivity index (χ1v) is 17.7. The summed E-state index contributed by atoms with van der Waals surface area (Å²) in [5.74, 6) is 1.42. The average molecular weight is 901 g/mol. The Morgan fingerprint density at radius 2 is 1.45 bits per heavy atom. The summed E-state index contributed by atoms with van der Waals surface area (Å²) in [4.78, 5) is 22.9. The van der Waals surface area contributed by atoms with Gasteiger partial charge in [-0.2, -0.15) is 6.67 Å². The van der Waals surface area contributed by atoms with Crippen molar-refractivity contribution in [2.45, 2.75) is 119 Å². The topological polar surface area (TPSA) is 97.1 Å². The maximum atomic E-state index is 8.52. The fourth-order valence-corrected chi connectivity index (χ4v) is 5.89. The van der Waals surface area contributed by atoms with Gasteiger partial charge in [-0.1, -0.05) is 95.2 Å². The molecule has 2 aromatic heterocycles. The monoisotopic (exact) mass is 900 g/mol. The number of anilines is 5. The van der Waals surface area contributed by atoms with Crippen LogP contribution in [-0.2, 0) is 31.9 Å². The summed E-state index contributed by atoms with van der Waals surface area (Å²) in [5.41, 5.74) is 7.47. The number of hydrogen-bond acceptors (Lipinski definition) is 9. The third-order valence-electron chi connectivity index (χ3n) is 9.00. The van der Waals surface area contributed by atoms with Crippen molar-refractivity contribution < 1.29 is 29.3 Å². The molecule has 1 aliphatic rings. The molecule has 2 aromatic carbocycles. The van der Waals surface area contributed by atoms with Gasteiger partial charge in [-0.25, -0.2) is 15.0 Å². The number of nitrogens with one attached hydrogen (secondary N) is 1. The quantitative estimate of drug-likeness (QED) is 0.165. The summed E-state index contributed by atoms with van der Waals surface area (Å²) in [6.45, 7) is 29.3. The Bertz CT molecular complexity index is 2090. The van der Waals surface area contributed by atoms with Crippen LogP contribution in [0.4, 0.5) is 28.8 Å². The first-order chi connectivity index (χ1) is 26.7. The summed E-state index contributed by atoms with van der Waals surface area (Å²) in [6.07, 6.45) is 3.36. The van der Waals surface area contributed by atoms with Gasteiger partial charge in [-0.3, -0.25) is 4.98 Å². The van der Waals surface area contributed by atoms with Crippen molar-refractivity contribution in [2.24, 2.45) is 0 Å². The van der Waals surface area contributed by atoms with Crippen LogP contribution in [0.5, 0.6) is 0 Å². The van der Waals surface area contributed by atoms with Gasteiger partial charge in [0.05, 0.1) is 23.3 Å². The first kappa shape index (κ1) is 34.7. The Balaban J connectivity index is 0.00000305. The van der Waals surface area contributed by atoms with Crippen LogP contribution in [0.2, 0.25) is 0 Å². The molecule has 5 rings (SSSR count). The third kappa shape index (κ3) is 9.56. The molecule has 0 amide bonds. The molecule has 9 nitrogen and oxygen atoms in total. The molecule has 1 aliphatic heterocycles. The van der Waals surface area contributed by atoms with E-state index >= 15 is 0 Å². The van der Waals surface area contributed by atoms with Gasteiger partial charge < -0.3 is 31.9 Å². The van der Waals surface area contributed by atoms with Crippen LogP contribution in [0, 0.1) is 38.2 Å². The van der Waals surface area contributed by atoms with E-state index in [9.17, 15) is 0 Å². The standard InChI is InChI=1S/C42H57N8.CN.Pt/c1-25(2)29-18-33(26(3)4)37(34(19-29)27(5)6)30-16-31(45-23-48(14)38-28(7)43-21-35(46-38)41(8,9)10)20-32(17-30)50-24-49(15)40-39(50)44-22-36(47-40)42(11,12)13;1-2;/h16-19,21-27,45H,1-15H3;;/q-3;-1;+4/i14D3,15D3;;. The SMILES string of the molecule is [2H]C([2H])([2H])N([CH-]Nc1[c-]c(N2[CH-]N(C([2H])([2H])[2H])c3nc(C(C)(C)C)cnc32)cc(-c2c(C(C)C)cc(C(C)C)cc2C(C)C)c1)c1nc(C(C)(C)C)cnc1C.[C-]#N.[Pt+4]. The molecule has 0 spiro atoms. The molecule has 3 heterocycles. The van der Waals surface area contributed by atoms with Crippen LogP contribution >= 0.6 is 0 Å². The van der Waals surface area contributed by atoms with E-state index in [-0.39, 0.29) is 55.4 Å². The average Bonchev–Trinajstić information content (AvgIpc) is 3.51. The summed E-state index contributed by atoms with van der Waals surface area (Å²) < 4.78 is 50.8. The molecule has 1 N–H and O–H groups in total. The minimum atomic E-state index is -2.62. The van der Waals surface area contributed by atoms with E-state index in [1.54, 1.807) is 24.2 Å². The van der Waals surface area contributed by atoms with Crippen LogP contribution in [0.1, 0.15) is 143 Å². The number of aryl methyl sites for hydroxylation is 1. The molecule has 0 aliphatic carbocycles. The molecule has 0 fully saturated rings. The van der Waals surface area contributed by atoms with E-state index < -0.39 is 14.0 Å². The number of fused-ring (bicyclic) bond motifs is 1. The smallest absolute Gasteiger partial charge is 0.536 e. The Kier molecular flexibility index (Phi) is 11.1. The van der Waals surface area contributed by atoms with Crippen molar-refractivity contribution in [3.8, 4) is 11.1 Å². The fraction of sp³-hybridized carbons (Fsp3) is 0.465. The van der Waals surface area contributed by atoms with Gasteiger partial charge >= 0.3 is 21.1 Å². The molecule has 0 radical (unpaired) electrons. The Morgan fingerprint density at radius 1 is 0.868 bits per heavy atom. The largest absolute Gasteiger partial charge is 4.00 e. The molecular formula is C43H57N9Pt. The van der Waals surface area contributed by atoms with Crippen LogP contribution in [0.15, 0.2) is 36.7 Å². The van der Waals surface area contributed by atoms with Gasteiger partial charge in [-0.15, -0.1) is 41.8 Å². The van der Waals surface area contributed by atoms with Gasteiger partial charge in [0.25, 0.3) is 0 Å². The summed E-state index contributed by atoms with van der Waals surface area (Å²) >= 11 is 0. The number of benzene rings is 2. The zero-order chi connectivity index (χ0) is 43.9. The molecule has 284 valence electrons. The third-order valence-corrected chi connectivity index (χ3v) is 9.00. The first-order valence-electron chi connectivity index (χ1n) is 20.7. The van der Waals surface area contributed by atoms with E-state index in [0.29, 0.717) is 40.2 Å². The molecule has 0 bridgehead atoms. The van der Waals surface area contributed by atoms with Crippen molar-refractivity contribution in [3.05, 3.63) is 96.4 Å². The minimum Gasteiger partial charge on any atom is -0.536 e. The fourth-order valence-electron chi connectivity index (χ4n) is 5.89. The second-order valence-corrected chi connectivity index (χ2v) is 16.3. The van der Waals surface area contributed by atoms with E-state index in [1.165, 1.54) is 34.9 Å². The van der Waals surface area contributed by atoms with Crippen LogP contribution in [-0.4, -0.2) is 33.9 Å². The van der Waals surface area contributed by atoms with E-state index in [2.05, 4.69) is 70.0 Å². The van der Waals surface area contributed by atoms with E-state index in [0.717, 1.165) is 16.0 Å². The number of nitrogens with zero attached hydrogens (tertiary/aromatic N) is 8. The van der Waals surface area contributed by atoms with Crippen molar-refractivity contribution >= 4 is 28.8 Å². The summed E-state index contributed by atoms with van der Waals surface area (Å²) in [5, 5.41) is 9.50. The molecule has 10 heteroatoms. The predicted molar refractivity (Wildman–Crippen MR) is 215 cm³/mol. The molecule has 53 heavy (non-hydrogen) atoms. The maximum absolute atomic E-state index is 8.52. The predicted octanol–water partition coefficient (Wildman–Crippen LogP) is 10.5. The Hall–Kier alpha value is -4.02. The minimum absolute atomic E-state index is 0. The van der Waals surface area contributed by atoms with Gasteiger partial charge in [-0.05, 0) is 60.9 Å². The molecule has 0 saturated carbocycles. The van der Waals surface area contributed by atoms with Gasteiger partial charge in [0.15, 0.2) is 0 Å². The van der Waals surface area contributed by atoms with E-state index in [4.69, 9.17) is 35.0 Å². The maximum Gasteiger partial charge on any atom is 4.00 e.